The molecule has 1 atom stereocenters. The molecule has 0 saturated carbocycles. The third-order valence-electron chi connectivity index (χ3n) is 4.52. The first-order valence-electron chi connectivity index (χ1n) is 8.47. The van der Waals surface area contributed by atoms with Gasteiger partial charge in [0.25, 0.3) is 5.91 Å². The predicted octanol–water partition coefficient (Wildman–Crippen LogP) is 3.23. The lowest BCUT2D eigenvalue weighted by Crippen LogP contribution is -2.38. The van der Waals surface area contributed by atoms with Crippen molar-refractivity contribution in [3.8, 4) is 10.4 Å². The number of amides is 1. The van der Waals surface area contributed by atoms with Crippen molar-refractivity contribution in [2.45, 2.75) is 18.9 Å². The highest BCUT2D eigenvalue weighted by Gasteiger charge is 2.19. The minimum atomic E-state index is -0.444. The number of nitrogens with zero attached hydrogens (tertiary/aromatic N) is 1. The zero-order valence-corrected chi connectivity index (χ0v) is 14.6. The second-order valence-corrected chi connectivity index (χ2v) is 7.34. The lowest BCUT2D eigenvalue weighted by Gasteiger charge is -2.24. The van der Waals surface area contributed by atoms with Gasteiger partial charge >= 0.3 is 0 Å². The number of piperidine rings is 1. The van der Waals surface area contributed by atoms with Gasteiger partial charge in [-0.2, -0.15) is 0 Å². The van der Waals surface area contributed by atoms with Gasteiger partial charge in [0.2, 0.25) is 0 Å². The molecule has 2 aromatic heterocycles. The number of nitrogens with one attached hydrogen (secondary N) is 2. The second-order valence-electron chi connectivity index (χ2n) is 6.29. The van der Waals surface area contributed by atoms with E-state index in [-0.39, 0.29) is 0 Å². The number of carbonyl (C=O) groups is 1. The molecule has 25 heavy (non-hydrogen) atoms. The Morgan fingerprint density at radius 2 is 2.16 bits per heavy atom. The molecular weight excluding hydrogens is 332 g/mol. The van der Waals surface area contributed by atoms with E-state index in [4.69, 9.17) is 5.73 Å². The van der Waals surface area contributed by atoms with Gasteiger partial charge in [-0.3, -0.25) is 4.79 Å². The smallest absolute Gasteiger partial charge is 0.250 e. The van der Waals surface area contributed by atoms with Gasteiger partial charge in [0.1, 0.15) is 5.82 Å². The van der Waals surface area contributed by atoms with E-state index in [0.29, 0.717) is 11.6 Å². The third-order valence-corrected chi connectivity index (χ3v) is 5.71. The van der Waals surface area contributed by atoms with Gasteiger partial charge in [0.15, 0.2) is 0 Å². The summed E-state index contributed by atoms with van der Waals surface area (Å²) in [5, 5.41) is 7.82. The van der Waals surface area contributed by atoms with Crippen LogP contribution in [0.3, 0.4) is 0 Å². The van der Waals surface area contributed by atoms with Crippen LogP contribution < -0.4 is 16.4 Å². The van der Waals surface area contributed by atoms with Gasteiger partial charge in [-0.1, -0.05) is 30.3 Å². The fourth-order valence-electron chi connectivity index (χ4n) is 3.24. The maximum Gasteiger partial charge on any atom is 0.250 e. The fourth-order valence-corrected chi connectivity index (χ4v) is 4.37. The van der Waals surface area contributed by atoms with Crippen LogP contribution in [0.2, 0.25) is 0 Å². The first kappa shape index (κ1) is 16.1. The van der Waals surface area contributed by atoms with E-state index in [0.717, 1.165) is 52.3 Å². The summed E-state index contributed by atoms with van der Waals surface area (Å²) in [6.45, 7) is 2.00. The Hall–Kier alpha value is -2.44. The molecule has 6 heteroatoms. The Bertz CT molecular complexity index is 900. The Morgan fingerprint density at radius 3 is 2.88 bits per heavy atom. The number of pyridine rings is 1. The van der Waals surface area contributed by atoms with Crippen LogP contribution in [-0.2, 0) is 0 Å². The summed E-state index contributed by atoms with van der Waals surface area (Å²) in [7, 11) is 0. The van der Waals surface area contributed by atoms with E-state index < -0.39 is 5.91 Å². The van der Waals surface area contributed by atoms with E-state index in [1.54, 1.807) is 17.5 Å². The number of fused-ring (bicyclic) bond motifs is 1. The minimum absolute atomic E-state index is 0.353. The average Bonchev–Trinajstić information content (AvgIpc) is 3.09. The van der Waals surface area contributed by atoms with Crippen molar-refractivity contribution < 1.29 is 4.79 Å². The van der Waals surface area contributed by atoms with Crippen molar-refractivity contribution >= 4 is 33.1 Å². The summed E-state index contributed by atoms with van der Waals surface area (Å²) >= 11 is 1.64. The molecule has 1 aliphatic rings. The van der Waals surface area contributed by atoms with Crippen LogP contribution in [0.25, 0.3) is 20.5 Å². The molecule has 4 N–H and O–H groups in total. The monoisotopic (exact) mass is 352 g/mol. The Morgan fingerprint density at radius 1 is 1.32 bits per heavy atom. The van der Waals surface area contributed by atoms with Gasteiger partial charge in [0.05, 0.1) is 10.3 Å². The number of nitrogens with two attached hydrogens (primary N) is 1. The van der Waals surface area contributed by atoms with Crippen LogP contribution in [0.4, 0.5) is 5.82 Å². The molecule has 0 aliphatic carbocycles. The highest BCUT2D eigenvalue weighted by atomic mass is 32.1. The maximum absolute atomic E-state index is 11.8. The number of hydrogen-bond donors (Lipinski definition) is 3. The van der Waals surface area contributed by atoms with E-state index >= 15 is 0 Å². The molecule has 1 aromatic carbocycles. The van der Waals surface area contributed by atoms with E-state index in [2.05, 4.69) is 27.8 Å². The molecule has 1 fully saturated rings. The van der Waals surface area contributed by atoms with Crippen molar-refractivity contribution in [3.63, 3.8) is 0 Å². The summed E-state index contributed by atoms with van der Waals surface area (Å²) in [6, 6.07) is 12.6. The number of primary amides is 1. The molecule has 3 aromatic rings. The van der Waals surface area contributed by atoms with Crippen molar-refractivity contribution in [1.82, 2.24) is 10.3 Å². The number of benzene rings is 1. The molecule has 0 spiro atoms. The molecule has 3 heterocycles. The molecule has 5 nitrogen and oxygen atoms in total. The highest BCUT2D eigenvalue weighted by molar-refractivity contribution is 7.22. The lowest BCUT2D eigenvalue weighted by atomic mass is 10.1. The van der Waals surface area contributed by atoms with E-state index in [1.165, 1.54) is 0 Å². The van der Waals surface area contributed by atoms with E-state index in [9.17, 15) is 4.79 Å². The maximum atomic E-state index is 11.8. The van der Waals surface area contributed by atoms with Crippen molar-refractivity contribution in [1.29, 1.82) is 0 Å². The van der Waals surface area contributed by atoms with Crippen LogP contribution in [0.5, 0.6) is 0 Å². The van der Waals surface area contributed by atoms with E-state index in [1.807, 2.05) is 24.3 Å². The number of carbonyl (C=O) groups excluding carboxylic acids is 1. The first-order valence-corrected chi connectivity index (χ1v) is 9.29. The van der Waals surface area contributed by atoms with Gasteiger partial charge in [-0.25, -0.2) is 4.98 Å². The Kier molecular flexibility index (Phi) is 4.38. The quantitative estimate of drug-likeness (QED) is 0.673. The van der Waals surface area contributed by atoms with Gasteiger partial charge in [-0.15, -0.1) is 11.3 Å². The van der Waals surface area contributed by atoms with Crippen LogP contribution in [0, 0.1) is 0 Å². The minimum Gasteiger partial charge on any atom is -0.366 e. The predicted molar refractivity (Wildman–Crippen MR) is 103 cm³/mol. The van der Waals surface area contributed by atoms with Crippen LogP contribution >= 0.6 is 11.3 Å². The zero-order valence-electron chi connectivity index (χ0n) is 13.8. The molecule has 4 rings (SSSR count). The molecule has 0 radical (unpaired) electrons. The molecule has 0 unspecified atom stereocenters. The Balaban J connectivity index is 1.79. The SMILES string of the molecule is NC(=O)c1cnc(N[C@H]2CCCNC2)c2sc(-c3ccccc3)cc12. The first-order chi connectivity index (χ1) is 12.2. The number of thiophene rings is 1. The van der Waals surface area contributed by atoms with Gasteiger partial charge in [0, 0.05) is 29.0 Å². The molecule has 1 amide bonds. The number of rotatable bonds is 4. The second kappa shape index (κ2) is 6.82. The zero-order chi connectivity index (χ0) is 17.2. The summed E-state index contributed by atoms with van der Waals surface area (Å²) in [4.78, 5) is 17.4. The summed E-state index contributed by atoms with van der Waals surface area (Å²) < 4.78 is 0.987. The van der Waals surface area contributed by atoms with Crippen molar-refractivity contribution in [3.05, 3.63) is 48.2 Å². The molecule has 0 bridgehead atoms. The van der Waals surface area contributed by atoms with Crippen LogP contribution in [-0.4, -0.2) is 30.0 Å². The van der Waals surface area contributed by atoms with Gasteiger partial charge < -0.3 is 16.4 Å². The van der Waals surface area contributed by atoms with Crippen molar-refractivity contribution in [2.75, 3.05) is 18.4 Å². The molecular formula is C19H20N4OS. The summed E-state index contributed by atoms with van der Waals surface area (Å²) in [5.74, 6) is 0.390. The van der Waals surface area contributed by atoms with Gasteiger partial charge in [-0.05, 0) is 31.0 Å². The molecule has 1 saturated heterocycles. The largest absolute Gasteiger partial charge is 0.366 e. The number of anilines is 1. The molecule has 1 aliphatic heterocycles. The lowest BCUT2D eigenvalue weighted by molar-refractivity contribution is 0.100. The highest BCUT2D eigenvalue weighted by Crippen LogP contribution is 2.38. The molecule has 128 valence electrons. The fraction of sp³-hybridized carbons (Fsp3) is 0.263. The average molecular weight is 352 g/mol. The Labute approximate surface area is 150 Å². The summed E-state index contributed by atoms with van der Waals surface area (Å²) in [6.07, 6.45) is 3.86. The standard InChI is InChI=1S/C19H20N4OS/c20-18(24)15-11-22-19(23-13-7-4-8-21-10-13)17-14(15)9-16(25-17)12-5-2-1-3-6-12/h1-3,5-6,9,11,13,21H,4,7-8,10H2,(H2,20,24)(H,22,23)/t13-/m0/s1. The number of hydrogen-bond acceptors (Lipinski definition) is 5. The summed E-state index contributed by atoms with van der Waals surface area (Å²) in [5.41, 5.74) is 7.16. The van der Waals surface area contributed by atoms with Crippen molar-refractivity contribution in [2.24, 2.45) is 5.73 Å². The van der Waals surface area contributed by atoms with Crippen LogP contribution in [0.15, 0.2) is 42.6 Å². The van der Waals surface area contributed by atoms with Crippen LogP contribution in [0.1, 0.15) is 23.2 Å². The normalized spacial score (nSPS) is 17.5. The topological polar surface area (TPSA) is 80.0 Å². The third kappa shape index (κ3) is 3.23. The number of aromatic nitrogens is 1.